The topological polar surface area (TPSA) is 84.3 Å². The summed E-state index contributed by atoms with van der Waals surface area (Å²) in [5.74, 6) is -0.224. The van der Waals surface area contributed by atoms with Crippen LogP contribution in [0.2, 0.25) is 0 Å². The molecule has 6 heteroatoms. The van der Waals surface area contributed by atoms with Gasteiger partial charge in [0.05, 0.1) is 22.7 Å². The quantitative estimate of drug-likeness (QED) is 0.646. The lowest BCUT2D eigenvalue weighted by atomic mass is 10.1. The van der Waals surface area contributed by atoms with Crippen molar-refractivity contribution in [3.63, 3.8) is 0 Å². The second-order valence-corrected chi connectivity index (χ2v) is 5.36. The minimum Gasteiger partial charge on any atom is -0.324 e. The highest BCUT2D eigenvalue weighted by Gasteiger charge is 2.16. The van der Waals surface area contributed by atoms with E-state index in [1.54, 1.807) is 19.1 Å². The molecule has 0 heterocycles. The van der Waals surface area contributed by atoms with Crippen molar-refractivity contribution in [2.75, 3.05) is 11.9 Å². The summed E-state index contributed by atoms with van der Waals surface area (Å²) in [6.07, 6.45) is 0. The van der Waals surface area contributed by atoms with E-state index in [-0.39, 0.29) is 23.7 Å². The van der Waals surface area contributed by atoms with Crippen LogP contribution in [0.4, 0.5) is 11.4 Å². The normalized spacial score (nSPS) is 11.2. The number of rotatable bonds is 4. The van der Waals surface area contributed by atoms with Crippen LogP contribution in [-0.4, -0.2) is 22.9 Å². The minimum atomic E-state index is -0.460. The summed E-state index contributed by atoms with van der Waals surface area (Å²) in [6, 6.07) is 4.62. The Morgan fingerprint density at radius 2 is 2.00 bits per heavy atom. The first-order chi connectivity index (χ1) is 8.70. The summed E-state index contributed by atoms with van der Waals surface area (Å²) in [5, 5.41) is 16.5. The molecule has 0 saturated heterocycles. The van der Waals surface area contributed by atoms with E-state index in [4.69, 9.17) is 0 Å². The van der Waals surface area contributed by atoms with E-state index in [1.165, 1.54) is 6.07 Å². The third-order valence-electron chi connectivity index (χ3n) is 2.56. The zero-order chi connectivity index (χ0) is 14.6. The molecule has 1 aromatic rings. The van der Waals surface area contributed by atoms with Gasteiger partial charge in [-0.05, 0) is 33.8 Å². The first-order valence-electron chi connectivity index (χ1n) is 5.99. The number of nitro benzene ring substituents is 1. The lowest BCUT2D eigenvalue weighted by Gasteiger charge is -2.20. The van der Waals surface area contributed by atoms with Crippen molar-refractivity contribution in [2.24, 2.45) is 0 Å². The number of benzene rings is 1. The van der Waals surface area contributed by atoms with Gasteiger partial charge in [-0.2, -0.15) is 0 Å². The molecule has 0 aliphatic rings. The Morgan fingerprint density at radius 3 is 2.53 bits per heavy atom. The van der Waals surface area contributed by atoms with Crippen molar-refractivity contribution < 1.29 is 9.72 Å². The SMILES string of the molecule is Cc1c(NC(=O)CNC(C)(C)C)cccc1[N+](=O)[O-]. The largest absolute Gasteiger partial charge is 0.324 e. The van der Waals surface area contributed by atoms with E-state index in [0.29, 0.717) is 11.3 Å². The Balaban J connectivity index is 2.75. The highest BCUT2D eigenvalue weighted by molar-refractivity contribution is 5.93. The maximum absolute atomic E-state index is 11.7. The highest BCUT2D eigenvalue weighted by Crippen LogP contribution is 2.24. The molecule has 0 unspecified atom stereocenters. The summed E-state index contributed by atoms with van der Waals surface area (Å²) in [7, 11) is 0. The molecule has 1 rings (SSSR count). The molecule has 0 fully saturated rings. The van der Waals surface area contributed by atoms with Gasteiger partial charge in [-0.1, -0.05) is 6.07 Å². The first kappa shape index (κ1) is 15.1. The molecule has 0 aliphatic carbocycles. The molecule has 0 aliphatic heterocycles. The standard InChI is InChI=1S/C13H19N3O3/c1-9-10(6-5-7-11(9)16(18)19)15-12(17)8-14-13(2,3)4/h5-7,14H,8H2,1-4H3,(H,15,17). The number of carbonyl (C=O) groups excluding carboxylic acids is 1. The van der Waals surface area contributed by atoms with Gasteiger partial charge in [-0.25, -0.2) is 0 Å². The second kappa shape index (κ2) is 5.79. The lowest BCUT2D eigenvalue weighted by Crippen LogP contribution is -2.41. The van der Waals surface area contributed by atoms with E-state index in [1.807, 2.05) is 20.8 Å². The summed E-state index contributed by atoms with van der Waals surface area (Å²) >= 11 is 0. The van der Waals surface area contributed by atoms with E-state index in [0.717, 1.165) is 0 Å². The molecule has 1 aromatic carbocycles. The van der Waals surface area contributed by atoms with E-state index in [2.05, 4.69) is 10.6 Å². The van der Waals surface area contributed by atoms with Crippen LogP contribution in [0.3, 0.4) is 0 Å². The molecule has 0 radical (unpaired) electrons. The fourth-order valence-corrected chi connectivity index (χ4v) is 1.50. The lowest BCUT2D eigenvalue weighted by molar-refractivity contribution is -0.385. The number of anilines is 1. The summed E-state index contributed by atoms with van der Waals surface area (Å²) in [6.45, 7) is 7.65. The van der Waals surface area contributed by atoms with Crippen LogP contribution in [0, 0.1) is 17.0 Å². The van der Waals surface area contributed by atoms with Gasteiger partial charge in [0.25, 0.3) is 5.69 Å². The molecule has 1 amide bonds. The van der Waals surface area contributed by atoms with Crippen molar-refractivity contribution in [3.8, 4) is 0 Å². The van der Waals surface area contributed by atoms with E-state index in [9.17, 15) is 14.9 Å². The minimum absolute atomic E-state index is 0.00146. The maximum Gasteiger partial charge on any atom is 0.274 e. The first-order valence-corrected chi connectivity index (χ1v) is 5.99. The average molecular weight is 265 g/mol. The predicted octanol–water partition coefficient (Wildman–Crippen LogP) is 2.23. The summed E-state index contributed by atoms with van der Waals surface area (Å²) in [4.78, 5) is 22.1. The monoisotopic (exact) mass is 265 g/mol. The molecule has 0 aromatic heterocycles. The van der Waals surface area contributed by atoms with Crippen molar-refractivity contribution in [3.05, 3.63) is 33.9 Å². The molecule has 0 saturated carbocycles. The van der Waals surface area contributed by atoms with Crippen LogP contribution >= 0.6 is 0 Å². The van der Waals surface area contributed by atoms with Gasteiger partial charge in [0.2, 0.25) is 5.91 Å². The molecule has 0 spiro atoms. The Labute approximate surface area is 112 Å². The maximum atomic E-state index is 11.7. The molecule has 0 atom stereocenters. The molecular weight excluding hydrogens is 246 g/mol. The van der Waals surface area contributed by atoms with E-state index < -0.39 is 4.92 Å². The van der Waals surface area contributed by atoms with E-state index >= 15 is 0 Å². The molecule has 2 N–H and O–H groups in total. The average Bonchev–Trinajstić information content (AvgIpc) is 2.28. The third-order valence-corrected chi connectivity index (χ3v) is 2.56. The van der Waals surface area contributed by atoms with Gasteiger partial charge in [0.1, 0.15) is 0 Å². The smallest absolute Gasteiger partial charge is 0.274 e. The predicted molar refractivity (Wildman–Crippen MR) is 74.2 cm³/mol. The van der Waals surface area contributed by atoms with Crippen LogP contribution < -0.4 is 10.6 Å². The Bertz CT molecular complexity index is 492. The highest BCUT2D eigenvalue weighted by atomic mass is 16.6. The number of carbonyl (C=O) groups is 1. The van der Waals surface area contributed by atoms with Gasteiger partial charge in [0, 0.05) is 11.6 Å². The number of hydrogen-bond acceptors (Lipinski definition) is 4. The molecule has 6 nitrogen and oxygen atoms in total. The second-order valence-electron chi connectivity index (χ2n) is 5.36. The number of nitrogens with one attached hydrogen (secondary N) is 2. The molecule has 104 valence electrons. The number of nitro groups is 1. The van der Waals surface area contributed by atoms with Crippen molar-refractivity contribution in [1.29, 1.82) is 0 Å². The fraction of sp³-hybridized carbons (Fsp3) is 0.462. The fourth-order valence-electron chi connectivity index (χ4n) is 1.50. The number of hydrogen-bond donors (Lipinski definition) is 2. The third kappa shape index (κ3) is 4.67. The van der Waals surface area contributed by atoms with Gasteiger partial charge in [-0.15, -0.1) is 0 Å². The van der Waals surface area contributed by atoms with Crippen LogP contribution in [0.25, 0.3) is 0 Å². The zero-order valence-electron chi connectivity index (χ0n) is 11.6. The summed E-state index contributed by atoms with van der Waals surface area (Å²) < 4.78 is 0. The van der Waals surface area contributed by atoms with Crippen LogP contribution in [0.5, 0.6) is 0 Å². The molecule has 19 heavy (non-hydrogen) atoms. The zero-order valence-corrected chi connectivity index (χ0v) is 11.6. The van der Waals surface area contributed by atoms with Crippen molar-refractivity contribution in [2.45, 2.75) is 33.2 Å². The van der Waals surface area contributed by atoms with Gasteiger partial charge >= 0.3 is 0 Å². The molecule has 0 bridgehead atoms. The van der Waals surface area contributed by atoms with Gasteiger partial charge in [-0.3, -0.25) is 14.9 Å². The number of nitrogens with zero attached hydrogens (tertiary/aromatic N) is 1. The Hall–Kier alpha value is -1.95. The Morgan fingerprint density at radius 1 is 1.37 bits per heavy atom. The van der Waals surface area contributed by atoms with Crippen LogP contribution in [0.1, 0.15) is 26.3 Å². The number of amides is 1. The van der Waals surface area contributed by atoms with Crippen LogP contribution in [0.15, 0.2) is 18.2 Å². The summed E-state index contributed by atoms with van der Waals surface area (Å²) in [5.41, 5.74) is 0.766. The van der Waals surface area contributed by atoms with Crippen molar-refractivity contribution in [1.82, 2.24) is 5.32 Å². The Kier molecular flexibility index (Phi) is 4.61. The van der Waals surface area contributed by atoms with Gasteiger partial charge in [0.15, 0.2) is 0 Å². The van der Waals surface area contributed by atoms with Crippen molar-refractivity contribution >= 4 is 17.3 Å². The van der Waals surface area contributed by atoms with Crippen LogP contribution in [-0.2, 0) is 4.79 Å². The van der Waals surface area contributed by atoms with Gasteiger partial charge < -0.3 is 10.6 Å². The molecular formula is C13H19N3O3.